The van der Waals surface area contributed by atoms with Crippen LogP contribution in [0.5, 0.6) is 0 Å². The molecule has 1 aliphatic heterocycles. The van der Waals surface area contributed by atoms with Crippen LogP contribution >= 0.6 is 0 Å². The molecule has 166 valence electrons. The first-order valence-electron chi connectivity index (χ1n) is 11.1. The highest BCUT2D eigenvalue weighted by Gasteiger charge is 2.47. The van der Waals surface area contributed by atoms with Crippen LogP contribution in [0, 0.1) is 12.8 Å². The second kappa shape index (κ2) is 7.49. The van der Waals surface area contributed by atoms with Gasteiger partial charge in [-0.25, -0.2) is 9.67 Å². The topological polar surface area (TPSA) is 122 Å². The lowest BCUT2D eigenvalue weighted by Crippen LogP contribution is -2.47. The average Bonchev–Trinajstić information content (AvgIpc) is 3.30. The van der Waals surface area contributed by atoms with Gasteiger partial charge in [-0.05, 0) is 45.6 Å². The van der Waals surface area contributed by atoms with Crippen molar-refractivity contribution in [1.29, 1.82) is 0 Å². The Balaban J connectivity index is 1.52. The lowest BCUT2D eigenvalue weighted by Gasteiger charge is -2.38. The lowest BCUT2D eigenvalue weighted by molar-refractivity contribution is -0.142. The van der Waals surface area contributed by atoms with Gasteiger partial charge in [0.1, 0.15) is 5.60 Å². The third-order valence-corrected chi connectivity index (χ3v) is 6.88. The van der Waals surface area contributed by atoms with Crippen LogP contribution in [0.2, 0.25) is 0 Å². The van der Waals surface area contributed by atoms with E-state index in [4.69, 9.17) is 9.82 Å². The maximum Gasteiger partial charge on any atom is 0.306 e. The molecule has 2 aromatic rings. The zero-order chi connectivity index (χ0) is 21.8. The quantitative estimate of drug-likeness (QED) is 0.574. The van der Waals surface area contributed by atoms with Gasteiger partial charge in [-0.2, -0.15) is 5.10 Å². The number of rotatable bonds is 5. The number of carboxylic acids is 1. The SMILES string of the molecule is CCn1nc(C)c2c(NC3CCC(C(=O)O)CC3)c(C3=CC4(CC(O)C4)ON3)cnc21. The van der Waals surface area contributed by atoms with Gasteiger partial charge in [-0.3, -0.25) is 15.1 Å². The predicted octanol–water partition coefficient (Wildman–Crippen LogP) is 2.58. The van der Waals surface area contributed by atoms with Crippen LogP contribution in [0.3, 0.4) is 0 Å². The number of aromatic nitrogens is 3. The summed E-state index contributed by atoms with van der Waals surface area (Å²) in [6.45, 7) is 4.76. The number of pyridine rings is 1. The third kappa shape index (κ3) is 3.45. The molecule has 0 saturated heterocycles. The first-order valence-corrected chi connectivity index (χ1v) is 11.1. The van der Waals surface area contributed by atoms with E-state index in [-0.39, 0.29) is 18.1 Å². The highest BCUT2D eigenvalue weighted by Crippen LogP contribution is 2.44. The summed E-state index contributed by atoms with van der Waals surface area (Å²) < 4.78 is 1.90. The largest absolute Gasteiger partial charge is 0.481 e. The minimum atomic E-state index is -0.698. The molecule has 0 atom stereocenters. The van der Waals surface area contributed by atoms with Gasteiger partial charge < -0.3 is 15.5 Å². The van der Waals surface area contributed by atoms with E-state index in [1.54, 1.807) is 0 Å². The van der Waals surface area contributed by atoms with Crippen molar-refractivity contribution in [2.24, 2.45) is 5.92 Å². The van der Waals surface area contributed by atoms with E-state index in [9.17, 15) is 15.0 Å². The Kier molecular flexibility index (Phi) is 4.90. The molecule has 1 spiro atoms. The maximum atomic E-state index is 11.3. The Labute approximate surface area is 180 Å². The Bertz CT molecular complexity index is 1050. The average molecular weight is 428 g/mol. The molecule has 3 heterocycles. The number of hydroxylamine groups is 1. The smallest absolute Gasteiger partial charge is 0.306 e. The van der Waals surface area contributed by atoms with E-state index in [2.05, 4.69) is 22.0 Å². The Morgan fingerprint density at radius 3 is 2.74 bits per heavy atom. The van der Waals surface area contributed by atoms with Gasteiger partial charge >= 0.3 is 5.97 Å². The number of nitrogens with zero attached hydrogens (tertiary/aromatic N) is 3. The molecule has 0 radical (unpaired) electrons. The summed E-state index contributed by atoms with van der Waals surface area (Å²) in [6, 6.07) is 0.187. The highest BCUT2D eigenvalue weighted by atomic mass is 16.7. The van der Waals surface area contributed by atoms with Crippen molar-refractivity contribution in [2.75, 3.05) is 5.32 Å². The summed E-state index contributed by atoms with van der Waals surface area (Å²) in [7, 11) is 0. The number of hydrogen-bond acceptors (Lipinski definition) is 7. The maximum absolute atomic E-state index is 11.3. The molecule has 0 amide bonds. The fourth-order valence-corrected chi connectivity index (χ4v) is 5.13. The van der Waals surface area contributed by atoms with Crippen molar-refractivity contribution in [3.05, 3.63) is 23.5 Å². The van der Waals surface area contributed by atoms with E-state index < -0.39 is 11.6 Å². The van der Waals surface area contributed by atoms with Crippen molar-refractivity contribution >= 4 is 28.4 Å². The second-order valence-electron chi connectivity index (χ2n) is 9.07. The number of fused-ring (bicyclic) bond motifs is 1. The van der Waals surface area contributed by atoms with Gasteiger partial charge in [0.2, 0.25) is 0 Å². The van der Waals surface area contributed by atoms with Crippen LogP contribution in [0.25, 0.3) is 16.7 Å². The van der Waals surface area contributed by atoms with E-state index >= 15 is 0 Å². The number of anilines is 1. The van der Waals surface area contributed by atoms with Crippen LogP contribution < -0.4 is 10.8 Å². The van der Waals surface area contributed by atoms with E-state index in [0.29, 0.717) is 25.7 Å². The van der Waals surface area contributed by atoms with Crippen molar-refractivity contribution < 1.29 is 19.8 Å². The number of hydrogen-bond donors (Lipinski definition) is 4. The summed E-state index contributed by atoms with van der Waals surface area (Å²) in [5.41, 5.74) is 7.04. The molecule has 2 saturated carbocycles. The highest BCUT2D eigenvalue weighted by molar-refractivity contribution is 5.97. The van der Waals surface area contributed by atoms with Crippen LogP contribution in [0.1, 0.15) is 56.7 Å². The van der Waals surface area contributed by atoms with Gasteiger partial charge in [0.25, 0.3) is 0 Å². The molecule has 5 rings (SSSR count). The molecule has 4 N–H and O–H groups in total. The molecule has 9 nitrogen and oxygen atoms in total. The van der Waals surface area contributed by atoms with Crippen LogP contribution in [0.15, 0.2) is 12.3 Å². The fraction of sp³-hybridized carbons (Fsp3) is 0.591. The lowest BCUT2D eigenvalue weighted by atomic mass is 9.77. The Morgan fingerprint density at radius 2 is 2.10 bits per heavy atom. The zero-order valence-electron chi connectivity index (χ0n) is 17.9. The van der Waals surface area contributed by atoms with E-state index in [1.807, 2.05) is 24.7 Å². The summed E-state index contributed by atoms with van der Waals surface area (Å²) in [5, 5.41) is 28.4. The number of carboxylic acid groups (broad SMARTS) is 1. The second-order valence-corrected chi connectivity index (χ2v) is 9.07. The number of aliphatic carboxylic acids is 1. The van der Waals surface area contributed by atoms with E-state index in [0.717, 1.165) is 53.1 Å². The zero-order valence-corrected chi connectivity index (χ0v) is 17.9. The summed E-state index contributed by atoms with van der Waals surface area (Å²) in [6.07, 6.45) is 7.68. The molecule has 9 heteroatoms. The van der Waals surface area contributed by atoms with Crippen LogP contribution in [0.4, 0.5) is 5.69 Å². The predicted molar refractivity (Wildman–Crippen MR) is 115 cm³/mol. The van der Waals surface area contributed by atoms with Gasteiger partial charge in [-0.1, -0.05) is 0 Å². The number of aryl methyl sites for hydroxylation is 2. The molecular weight excluding hydrogens is 398 g/mol. The molecule has 0 aromatic carbocycles. The fourth-order valence-electron chi connectivity index (χ4n) is 5.13. The standard InChI is InChI=1S/C22H29N5O4/c1-3-27-20-18(12(2)25-27)19(24-14-6-4-13(5-7-14)21(29)30)16(11-23-20)17-10-22(31-26-17)8-15(28)9-22/h10-11,13-15,26,28H,3-9H2,1-2H3,(H,23,24)(H,29,30). The van der Waals surface area contributed by atoms with Gasteiger partial charge in [0, 0.05) is 37.2 Å². The van der Waals surface area contributed by atoms with Crippen molar-refractivity contribution in [3.8, 4) is 0 Å². The van der Waals surface area contributed by atoms with Gasteiger partial charge in [-0.15, -0.1) is 0 Å². The molecule has 0 unspecified atom stereocenters. The molecule has 31 heavy (non-hydrogen) atoms. The molecule has 0 bridgehead atoms. The van der Waals surface area contributed by atoms with Gasteiger partial charge in [0.15, 0.2) is 5.65 Å². The molecule has 2 fully saturated rings. The molecule has 3 aliphatic rings. The van der Waals surface area contributed by atoms with E-state index in [1.165, 1.54) is 0 Å². The van der Waals surface area contributed by atoms with Crippen molar-refractivity contribution in [3.63, 3.8) is 0 Å². The number of aliphatic hydroxyl groups excluding tert-OH is 1. The summed E-state index contributed by atoms with van der Waals surface area (Å²) >= 11 is 0. The monoisotopic (exact) mass is 427 g/mol. The number of nitrogens with one attached hydrogen (secondary N) is 2. The third-order valence-electron chi connectivity index (χ3n) is 6.88. The minimum Gasteiger partial charge on any atom is -0.481 e. The first kappa shape index (κ1) is 20.3. The summed E-state index contributed by atoms with van der Waals surface area (Å²) in [4.78, 5) is 21.9. The normalized spacial score (nSPS) is 30.2. The Morgan fingerprint density at radius 1 is 1.35 bits per heavy atom. The Hall–Kier alpha value is -2.65. The molecule has 2 aliphatic carbocycles. The van der Waals surface area contributed by atoms with Gasteiger partial charge in [0.05, 0.1) is 34.5 Å². The first-order chi connectivity index (χ1) is 14.9. The number of carbonyl (C=O) groups is 1. The van der Waals surface area contributed by atoms with Crippen molar-refractivity contribution in [1.82, 2.24) is 20.2 Å². The number of aliphatic hydroxyl groups is 1. The molecular formula is C22H29N5O4. The molecule has 2 aromatic heterocycles. The van der Waals surface area contributed by atoms with Crippen LogP contribution in [-0.2, 0) is 16.2 Å². The van der Waals surface area contributed by atoms with Crippen molar-refractivity contribution in [2.45, 2.75) is 76.7 Å². The minimum absolute atomic E-state index is 0.187. The summed E-state index contributed by atoms with van der Waals surface area (Å²) in [5.74, 6) is -0.951. The van der Waals surface area contributed by atoms with Crippen LogP contribution in [-0.4, -0.2) is 48.7 Å².